The lowest BCUT2D eigenvalue weighted by Gasteiger charge is -2.35. The summed E-state index contributed by atoms with van der Waals surface area (Å²) in [6, 6.07) is 2.06. The van der Waals surface area contributed by atoms with Crippen molar-refractivity contribution in [3.05, 3.63) is 27.1 Å². The number of nitro groups is 1. The molecule has 0 aliphatic carbocycles. The Hall–Kier alpha value is -0.400. The summed E-state index contributed by atoms with van der Waals surface area (Å²) in [5.74, 6) is 0.582. The Bertz CT molecular complexity index is 437. The van der Waals surface area contributed by atoms with Crippen molar-refractivity contribution in [2.45, 2.75) is 26.3 Å². The molecule has 5 nitrogen and oxygen atoms in total. The number of thiophene rings is 1. The maximum Gasteiger partial charge on any atom is 0.324 e. The van der Waals surface area contributed by atoms with Gasteiger partial charge in [-0.1, -0.05) is 25.2 Å². The largest absolute Gasteiger partial charge is 0.324 e. The maximum absolute atomic E-state index is 10.8. The van der Waals surface area contributed by atoms with Crippen LogP contribution in [0, 0.1) is 16.0 Å². The van der Waals surface area contributed by atoms with Gasteiger partial charge in [-0.05, 0) is 17.9 Å². The van der Waals surface area contributed by atoms with Crippen molar-refractivity contribution in [1.29, 1.82) is 0 Å². The third-order valence-electron chi connectivity index (χ3n) is 3.46. The molecule has 0 bridgehead atoms. The number of rotatable bonds is 5. The molecule has 21 heavy (non-hydrogen) atoms. The monoisotopic (exact) mass is 355 g/mol. The van der Waals surface area contributed by atoms with E-state index < -0.39 is 0 Å². The average Bonchev–Trinajstić information content (AvgIpc) is 2.86. The van der Waals surface area contributed by atoms with Crippen molar-refractivity contribution in [3.63, 3.8) is 0 Å². The molecule has 0 amide bonds. The van der Waals surface area contributed by atoms with Crippen LogP contribution in [0.25, 0.3) is 0 Å². The second-order valence-corrected chi connectivity index (χ2v) is 6.30. The highest BCUT2D eigenvalue weighted by Gasteiger charge is 2.25. The molecule has 1 aromatic heterocycles. The van der Waals surface area contributed by atoms with E-state index in [4.69, 9.17) is 0 Å². The van der Waals surface area contributed by atoms with E-state index in [0.717, 1.165) is 38.2 Å². The molecule has 1 aromatic rings. The lowest BCUT2D eigenvalue weighted by Crippen LogP contribution is -2.45. The molecule has 1 saturated heterocycles. The van der Waals surface area contributed by atoms with Crippen LogP contribution in [-0.4, -0.2) is 36.0 Å². The highest BCUT2D eigenvalue weighted by atomic mass is 35.5. The summed E-state index contributed by atoms with van der Waals surface area (Å²) in [7, 11) is 0. The number of piperazine rings is 1. The normalized spacial score (nSPS) is 16.9. The zero-order valence-electron chi connectivity index (χ0n) is 12.3. The van der Waals surface area contributed by atoms with Crippen molar-refractivity contribution in [2.75, 3.05) is 26.2 Å². The van der Waals surface area contributed by atoms with Gasteiger partial charge in [0.2, 0.25) is 0 Å². The van der Waals surface area contributed by atoms with E-state index >= 15 is 0 Å². The first-order valence-electron chi connectivity index (χ1n) is 6.75. The predicted octanol–water partition coefficient (Wildman–Crippen LogP) is 3.49. The molecule has 1 fully saturated rings. The highest BCUT2D eigenvalue weighted by Crippen LogP contribution is 2.34. The molecule has 0 unspecified atom stereocenters. The number of hydrogen-bond acceptors (Lipinski definition) is 5. The van der Waals surface area contributed by atoms with Crippen LogP contribution in [0.4, 0.5) is 5.00 Å². The third kappa shape index (κ3) is 5.71. The first-order chi connectivity index (χ1) is 9.08. The van der Waals surface area contributed by atoms with Gasteiger partial charge in [0.15, 0.2) is 0 Å². The zero-order valence-corrected chi connectivity index (χ0v) is 14.7. The number of hydrogen-bond donors (Lipinski definition) is 1. The molecule has 122 valence electrons. The summed E-state index contributed by atoms with van der Waals surface area (Å²) in [6.45, 7) is 8.44. The SMILES string of the molecule is CC(C)C[C@@H](c1csc([N+](=O)[O-])c1)N1CCNCC1.Cl.Cl. The predicted molar refractivity (Wildman–Crippen MR) is 92.1 cm³/mol. The van der Waals surface area contributed by atoms with E-state index in [1.54, 1.807) is 6.07 Å². The second-order valence-electron chi connectivity index (χ2n) is 5.41. The molecule has 0 saturated carbocycles. The Balaban J connectivity index is 0.00000200. The van der Waals surface area contributed by atoms with Gasteiger partial charge in [-0.15, -0.1) is 24.8 Å². The molecule has 8 heteroatoms. The van der Waals surface area contributed by atoms with E-state index in [-0.39, 0.29) is 34.7 Å². The number of nitrogens with one attached hydrogen (secondary N) is 1. The van der Waals surface area contributed by atoms with Crippen LogP contribution >= 0.6 is 36.2 Å². The van der Waals surface area contributed by atoms with Crippen LogP contribution in [0.3, 0.4) is 0 Å². The first kappa shape index (κ1) is 20.6. The minimum Gasteiger partial charge on any atom is -0.314 e. The van der Waals surface area contributed by atoms with E-state index in [1.807, 2.05) is 5.38 Å². The Morgan fingerprint density at radius 3 is 2.48 bits per heavy atom. The van der Waals surface area contributed by atoms with Gasteiger partial charge in [0.1, 0.15) is 0 Å². The van der Waals surface area contributed by atoms with Crippen LogP contribution in [0.15, 0.2) is 11.4 Å². The van der Waals surface area contributed by atoms with Crippen molar-refractivity contribution in [3.8, 4) is 0 Å². The summed E-state index contributed by atoms with van der Waals surface area (Å²) in [5, 5.41) is 16.4. The minimum atomic E-state index is -0.293. The van der Waals surface area contributed by atoms with E-state index in [2.05, 4.69) is 24.1 Å². The Morgan fingerprint density at radius 1 is 1.38 bits per heavy atom. The fourth-order valence-electron chi connectivity index (χ4n) is 2.55. The summed E-state index contributed by atoms with van der Waals surface area (Å²) < 4.78 is 0. The van der Waals surface area contributed by atoms with E-state index in [0.29, 0.717) is 12.0 Å². The summed E-state index contributed by atoms with van der Waals surface area (Å²) in [5.41, 5.74) is 1.10. The zero-order chi connectivity index (χ0) is 13.8. The van der Waals surface area contributed by atoms with Gasteiger partial charge in [-0.3, -0.25) is 15.0 Å². The number of halogens is 2. The van der Waals surface area contributed by atoms with Crippen LogP contribution in [-0.2, 0) is 0 Å². The minimum absolute atomic E-state index is 0. The summed E-state index contributed by atoms with van der Waals surface area (Å²) in [6.07, 6.45) is 1.05. The van der Waals surface area contributed by atoms with Gasteiger partial charge < -0.3 is 5.32 Å². The van der Waals surface area contributed by atoms with Gasteiger partial charge in [-0.2, -0.15) is 0 Å². The molecule has 1 atom stereocenters. The standard InChI is InChI=1S/C13H21N3O2S.2ClH/c1-10(2)7-12(15-5-3-14-4-6-15)11-8-13(16(17)18)19-9-11;;/h8-10,12,14H,3-7H2,1-2H3;2*1H/t12-;;/m0../s1. The van der Waals surface area contributed by atoms with Crippen molar-refractivity contribution < 1.29 is 4.92 Å². The van der Waals surface area contributed by atoms with Gasteiger partial charge in [0.25, 0.3) is 0 Å². The fraction of sp³-hybridized carbons (Fsp3) is 0.692. The molecule has 1 aliphatic heterocycles. The van der Waals surface area contributed by atoms with Gasteiger partial charge in [-0.25, -0.2) is 0 Å². The van der Waals surface area contributed by atoms with Gasteiger partial charge in [0.05, 0.1) is 4.92 Å². The van der Waals surface area contributed by atoms with E-state index in [1.165, 1.54) is 11.3 Å². The smallest absolute Gasteiger partial charge is 0.314 e. The molecular formula is C13H23Cl2N3O2S. The lowest BCUT2D eigenvalue weighted by atomic mass is 9.97. The quantitative estimate of drug-likeness (QED) is 0.648. The van der Waals surface area contributed by atoms with Crippen LogP contribution < -0.4 is 5.32 Å². The fourth-order valence-corrected chi connectivity index (χ4v) is 3.32. The lowest BCUT2D eigenvalue weighted by molar-refractivity contribution is -0.380. The van der Waals surface area contributed by atoms with Crippen LogP contribution in [0.5, 0.6) is 0 Å². The molecule has 2 heterocycles. The second kappa shape index (κ2) is 9.58. The summed E-state index contributed by atoms with van der Waals surface area (Å²) >= 11 is 1.24. The molecule has 0 aromatic carbocycles. The maximum atomic E-state index is 10.8. The average molecular weight is 356 g/mol. The van der Waals surface area contributed by atoms with Gasteiger partial charge in [0, 0.05) is 43.7 Å². The first-order valence-corrected chi connectivity index (χ1v) is 7.63. The molecule has 2 rings (SSSR count). The molecule has 1 N–H and O–H groups in total. The molecular weight excluding hydrogens is 333 g/mol. The van der Waals surface area contributed by atoms with E-state index in [9.17, 15) is 10.1 Å². The van der Waals surface area contributed by atoms with Crippen molar-refractivity contribution in [1.82, 2.24) is 10.2 Å². The Morgan fingerprint density at radius 2 is 2.00 bits per heavy atom. The Kier molecular flexibility index (Phi) is 9.40. The van der Waals surface area contributed by atoms with Crippen molar-refractivity contribution in [2.24, 2.45) is 5.92 Å². The molecule has 0 radical (unpaired) electrons. The third-order valence-corrected chi connectivity index (χ3v) is 4.36. The molecule has 0 spiro atoms. The van der Waals surface area contributed by atoms with Gasteiger partial charge >= 0.3 is 5.00 Å². The number of nitrogens with zero attached hydrogens (tertiary/aromatic N) is 2. The summed E-state index contributed by atoms with van der Waals surface area (Å²) in [4.78, 5) is 13.0. The van der Waals surface area contributed by atoms with Crippen LogP contribution in [0.2, 0.25) is 0 Å². The van der Waals surface area contributed by atoms with Crippen LogP contribution in [0.1, 0.15) is 31.9 Å². The highest BCUT2D eigenvalue weighted by molar-refractivity contribution is 7.13. The Labute approximate surface area is 142 Å². The topological polar surface area (TPSA) is 58.4 Å². The molecule has 1 aliphatic rings. The van der Waals surface area contributed by atoms with Crippen molar-refractivity contribution >= 4 is 41.2 Å².